The number of benzene rings is 2. The quantitative estimate of drug-likeness (QED) is 0.297. The van der Waals surface area contributed by atoms with Gasteiger partial charge in [0.1, 0.15) is 0 Å². The Morgan fingerprint density at radius 3 is 2.70 bits per heavy atom. The van der Waals surface area contributed by atoms with Crippen molar-refractivity contribution >= 4 is 42.1 Å². The average molecular weight is 609 g/mol. The number of rotatable bonds is 5. The third-order valence-electron chi connectivity index (χ3n) is 8.04. The van der Waals surface area contributed by atoms with E-state index in [-0.39, 0.29) is 32.1 Å². The molecule has 7 rings (SSSR count). The Balaban J connectivity index is 1.24. The number of nitrogens with zero attached hydrogens (tertiary/aromatic N) is 5. The van der Waals surface area contributed by atoms with Gasteiger partial charge in [0.15, 0.2) is 11.4 Å². The Morgan fingerprint density at radius 2 is 2.00 bits per heavy atom. The summed E-state index contributed by atoms with van der Waals surface area (Å²) < 4.78 is 18.9. The Kier molecular flexibility index (Phi) is 5.30. The van der Waals surface area contributed by atoms with E-state index in [1.165, 1.54) is 9.13 Å². The fourth-order valence-electron chi connectivity index (χ4n) is 6.01. The number of imidazole rings is 1. The molecule has 3 aliphatic rings. The zero-order valence-corrected chi connectivity index (χ0v) is 23.0. The SMILES string of the molecule is C=Ic1ccc(C2(C)ON=C3C(Cc4ccc(-n5cnc(C)c5)c5oncc45)CC4(COC4)CN32)cc1. The summed E-state index contributed by atoms with van der Waals surface area (Å²) in [5.74, 6) is 1.22. The molecule has 0 bridgehead atoms. The van der Waals surface area contributed by atoms with Crippen LogP contribution in [-0.4, -0.2) is 49.7 Å². The third-order valence-corrected chi connectivity index (χ3v) is 9.64. The molecular weight excluding hydrogens is 581 g/mol. The molecule has 5 heterocycles. The number of hydrogen-bond acceptors (Lipinski definition) is 7. The topological polar surface area (TPSA) is 77.9 Å². The first-order valence-corrected chi connectivity index (χ1v) is 15.1. The number of halogens is 1. The molecule has 0 saturated carbocycles. The lowest BCUT2D eigenvalue weighted by molar-refractivity contribution is -0.169. The van der Waals surface area contributed by atoms with Crippen molar-refractivity contribution < 1.29 is 14.1 Å². The minimum absolute atomic E-state index is 0.111. The number of hydrogen-bond donors (Lipinski definition) is 0. The summed E-state index contributed by atoms with van der Waals surface area (Å²) in [4.78, 5) is 13.0. The van der Waals surface area contributed by atoms with E-state index < -0.39 is 5.72 Å². The molecule has 0 amide bonds. The molecule has 1 spiro atoms. The van der Waals surface area contributed by atoms with Crippen molar-refractivity contribution in [3.05, 3.63) is 75.5 Å². The van der Waals surface area contributed by atoms with Crippen LogP contribution in [0, 0.1) is 21.8 Å². The zero-order valence-electron chi connectivity index (χ0n) is 20.9. The summed E-state index contributed by atoms with van der Waals surface area (Å²) in [5, 5.41) is 9.89. The highest BCUT2D eigenvalue weighted by molar-refractivity contribution is 14.2. The molecule has 0 radical (unpaired) electrons. The van der Waals surface area contributed by atoms with Gasteiger partial charge in [0.2, 0.25) is 5.72 Å². The fourth-order valence-corrected chi connectivity index (χ4v) is 6.88. The predicted molar refractivity (Wildman–Crippen MR) is 150 cm³/mol. The second-order valence-electron chi connectivity index (χ2n) is 10.6. The Bertz CT molecular complexity index is 1540. The second-order valence-corrected chi connectivity index (χ2v) is 12.6. The summed E-state index contributed by atoms with van der Waals surface area (Å²) in [5.41, 5.74) is 4.45. The van der Waals surface area contributed by atoms with Gasteiger partial charge in [-0.25, -0.2) is 4.98 Å². The lowest BCUT2D eigenvalue weighted by Crippen LogP contribution is -2.62. The van der Waals surface area contributed by atoms with E-state index >= 15 is 0 Å². The molecule has 0 N–H and O–H groups in total. The van der Waals surface area contributed by atoms with Crippen molar-refractivity contribution in [2.24, 2.45) is 16.5 Å². The number of ether oxygens (including phenoxy) is 1. The van der Waals surface area contributed by atoms with Gasteiger partial charge in [-0.3, -0.25) is 0 Å². The van der Waals surface area contributed by atoms with Crippen LogP contribution >= 0.6 is 20.7 Å². The number of aryl methyl sites for hydroxylation is 1. The third kappa shape index (κ3) is 3.65. The predicted octanol–water partition coefficient (Wildman–Crippen LogP) is 4.99. The summed E-state index contributed by atoms with van der Waals surface area (Å²) >= 11 is -0.190. The minimum atomic E-state index is -0.635. The highest BCUT2D eigenvalue weighted by Gasteiger charge is 2.56. The minimum Gasteiger partial charge on any atom is -0.380 e. The molecule has 3 aliphatic heterocycles. The summed E-state index contributed by atoms with van der Waals surface area (Å²) in [6.07, 6.45) is 7.46. The first kappa shape index (κ1) is 23.1. The zero-order chi connectivity index (χ0) is 25.2. The lowest BCUT2D eigenvalue weighted by atomic mass is 9.71. The molecular formula is C28H28IN5O3. The lowest BCUT2D eigenvalue weighted by Gasteiger charge is -2.52. The van der Waals surface area contributed by atoms with Crippen LogP contribution in [0.25, 0.3) is 16.7 Å². The molecule has 2 aromatic carbocycles. The first-order valence-electron chi connectivity index (χ1n) is 12.5. The van der Waals surface area contributed by atoms with Crippen LogP contribution in [0.4, 0.5) is 0 Å². The molecule has 37 heavy (non-hydrogen) atoms. The number of piperidine rings is 1. The molecule has 8 nitrogen and oxygen atoms in total. The highest BCUT2D eigenvalue weighted by Crippen LogP contribution is 2.49. The van der Waals surface area contributed by atoms with E-state index in [4.69, 9.17) is 19.3 Å². The van der Waals surface area contributed by atoms with Gasteiger partial charge in [0.25, 0.3) is 0 Å². The molecule has 2 unspecified atom stereocenters. The molecule has 0 aliphatic carbocycles. The van der Waals surface area contributed by atoms with Crippen molar-refractivity contribution in [3.8, 4) is 5.69 Å². The molecule has 4 aromatic rings. The van der Waals surface area contributed by atoms with Gasteiger partial charge in [0, 0.05) is 45.5 Å². The van der Waals surface area contributed by atoms with Crippen molar-refractivity contribution in [2.45, 2.75) is 32.4 Å². The fraction of sp³-hybridized carbons (Fsp3) is 0.357. The summed E-state index contributed by atoms with van der Waals surface area (Å²) in [6.45, 7) is 6.54. The van der Waals surface area contributed by atoms with E-state index in [9.17, 15) is 0 Å². The van der Waals surface area contributed by atoms with E-state index in [0.29, 0.717) is 0 Å². The van der Waals surface area contributed by atoms with E-state index in [1.807, 2.05) is 30.2 Å². The monoisotopic (exact) mass is 609 g/mol. The van der Waals surface area contributed by atoms with E-state index in [1.54, 1.807) is 0 Å². The molecule has 2 aromatic heterocycles. The van der Waals surface area contributed by atoms with Gasteiger partial charge in [-0.2, -0.15) is 0 Å². The van der Waals surface area contributed by atoms with Crippen LogP contribution in [0.5, 0.6) is 0 Å². The molecule has 2 atom stereocenters. The van der Waals surface area contributed by atoms with Crippen molar-refractivity contribution in [2.75, 3.05) is 19.8 Å². The number of fused-ring (bicyclic) bond motifs is 2. The van der Waals surface area contributed by atoms with Crippen molar-refractivity contribution in [1.82, 2.24) is 19.6 Å². The number of aromatic nitrogens is 3. The molecule has 2 fully saturated rings. The average Bonchev–Trinajstić information content (AvgIpc) is 3.63. The summed E-state index contributed by atoms with van der Waals surface area (Å²) in [6, 6.07) is 13.0. The maximum absolute atomic E-state index is 6.25. The maximum Gasteiger partial charge on any atom is 0.234 e. The largest absolute Gasteiger partial charge is 0.380 e. The smallest absolute Gasteiger partial charge is 0.234 e. The maximum atomic E-state index is 6.25. The first-order chi connectivity index (χ1) is 18.0. The second kappa shape index (κ2) is 8.49. The summed E-state index contributed by atoms with van der Waals surface area (Å²) in [7, 11) is 0. The highest BCUT2D eigenvalue weighted by atomic mass is 127. The van der Waals surface area contributed by atoms with Crippen LogP contribution in [0.15, 0.2) is 64.8 Å². The Hall–Kier alpha value is -3.05. The van der Waals surface area contributed by atoms with Crippen LogP contribution in [0.3, 0.4) is 0 Å². The van der Waals surface area contributed by atoms with Gasteiger partial charge in [-0.1, -0.05) is 53.8 Å². The Labute approximate surface area is 225 Å². The normalized spacial score (nSPS) is 24.1. The standard InChI is InChI=1S/C28H28IN5O3/c1-18-13-33(17-30-18)24-9-4-19(23-12-31-36-25(23)24)10-20-11-28(15-35-16-28)14-34-26(20)32-37-27(34,2)21-5-7-22(29-3)8-6-21/h4-9,12-13,17,20H,3,10-11,14-16H2,1-2H3. The number of oxime groups is 1. The molecule has 9 heteroatoms. The van der Waals surface area contributed by atoms with Crippen LogP contribution in [0.2, 0.25) is 0 Å². The van der Waals surface area contributed by atoms with Gasteiger partial charge in [-0.15, -0.1) is 0 Å². The van der Waals surface area contributed by atoms with Gasteiger partial charge < -0.3 is 23.6 Å². The van der Waals surface area contributed by atoms with Crippen LogP contribution in [0.1, 0.15) is 30.2 Å². The molecule has 190 valence electrons. The van der Waals surface area contributed by atoms with Crippen LogP contribution in [-0.2, 0) is 21.7 Å². The van der Waals surface area contributed by atoms with Crippen LogP contribution < -0.4 is 0 Å². The Morgan fingerprint density at radius 1 is 1.16 bits per heavy atom. The number of amidine groups is 1. The van der Waals surface area contributed by atoms with Crippen molar-refractivity contribution in [1.29, 1.82) is 0 Å². The van der Waals surface area contributed by atoms with Gasteiger partial charge in [-0.05, 0) is 43.5 Å². The van der Waals surface area contributed by atoms with Crippen molar-refractivity contribution in [3.63, 3.8) is 0 Å². The van der Waals surface area contributed by atoms with Gasteiger partial charge in [0.05, 0.1) is 37.1 Å². The van der Waals surface area contributed by atoms with E-state index in [2.05, 4.69) is 62.9 Å². The van der Waals surface area contributed by atoms with Gasteiger partial charge >= 0.3 is 0 Å². The molecule has 2 saturated heterocycles. The van der Waals surface area contributed by atoms with E-state index in [0.717, 1.165) is 66.3 Å².